The van der Waals surface area contributed by atoms with Gasteiger partial charge in [-0.05, 0) is 71.1 Å². The van der Waals surface area contributed by atoms with Crippen molar-refractivity contribution in [1.29, 1.82) is 0 Å². The zero-order chi connectivity index (χ0) is 18.3. The molecule has 3 aromatic rings. The normalized spacial score (nSPS) is 11.7. The number of aromatic nitrogens is 2. The van der Waals surface area contributed by atoms with Crippen LogP contribution in [-0.2, 0) is 7.05 Å². The van der Waals surface area contributed by atoms with Crippen molar-refractivity contribution in [3.63, 3.8) is 0 Å². The van der Waals surface area contributed by atoms with Gasteiger partial charge in [-0.3, -0.25) is 0 Å². The Morgan fingerprint density at radius 2 is 1.56 bits per heavy atom. The Kier molecular flexibility index (Phi) is 4.64. The number of hydrogen-bond acceptors (Lipinski definition) is 1. The molecule has 1 heterocycles. The first-order valence-electron chi connectivity index (χ1n) is 9.19. The first kappa shape index (κ1) is 17.6. The molecule has 0 bridgehead atoms. The zero-order valence-electron chi connectivity index (χ0n) is 16.5. The molecule has 2 nitrogen and oxygen atoms in total. The number of aryl methyl sites for hydroxylation is 2. The Labute approximate surface area is 151 Å². The molecule has 0 atom stereocenters. The fourth-order valence-electron chi connectivity index (χ4n) is 3.41. The summed E-state index contributed by atoms with van der Waals surface area (Å²) in [5.74, 6) is 1.03. The summed E-state index contributed by atoms with van der Waals surface area (Å²) in [7, 11) is 2.09. The fourth-order valence-corrected chi connectivity index (χ4v) is 3.41. The summed E-state index contributed by atoms with van der Waals surface area (Å²) < 4.78 is 2.16. The quantitative estimate of drug-likeness (QED) is 0.571. The molecule has 1 aromatic heterocycles. The van der Waals surface area contributed by atoms with Gasteiger partial charge in [0.15, 0.2) is 5.52 Å². The highest BCUT2D eigenvalue weighted by atomic mass is 15.0. The molecule has 0 aliphatic rings. The minimum absolute atomic E-state index is 0.511. The molecule has 2 aromatic carbocycles. The summed E-state index contributed by atoms with van der Waals surface area (Å²) in [6, 6.07) is 11.4. The van der Waals surface area contributed by atoms with Gasteiger partial charge in [-0.1, -0.05) is 39.8 Å². The predicted molar refractivity (Wildman–Crippen MR) is 106 cm³/mol. The van der Waals surface area contributed by atoms with E-state index in [1.165, 1.54) is 38.9 Å². The van der Waals surface area contributed by atoms with Crippen molar-refractivity contribution in [3.8, 4) is 11.3 Å². The van der Waals surface area contributed by atoms with E-state index in [1.807, 2.05) is 6.33 Å². The molecule has 0 spiro atoms. The molecule has 0 aliphatic carbocycles. The minimum atomic E-state index is 0.511. The van der Waals surface area contributed by atoms with Gasteiger partial charge in [-0.25, -0.2) is 4.57 Å². The molecular weight excluding hydrogens is 304 g/mol. The summed E-state index contributed by atoms with van der Waals surface area (Å²) in [5.41, 5.74) is 9.07. The highest BCUT2D eigenvalue weighted by molar-refractivity contribution is 5.92. The molecule has 0 N–H and O–H groups in total. The SMILES string of the molecule is Cc1cc(C(C)C)cc(-c2c3ccc(C(C)C)cc3nc[n+]2C)c1C. The second kappa shape index (κ2) is 6.59. The maximum Gasteiger partial charge on any atom is 0.287 e. The van der Waals surface area contributed by atoms with E-state index in [0.29, 0.717) is 11.8 Å². The van der Waals surface area contributed by atoms with E-state index in [2.05, 4.69) is 88.5 Å². The van der Waals surface area contributed by atoms with Crippen LogP contribution < -0.4 is 4.57 Å². The number of benzene rings is 2. The zero-order valence-corrected chi connectivity index (χ0v) is 16.5. The van der Waals surface area contributed by atoms with Gasteiger partial charge in [0.1, 0.15) is 5.69 Å². The van der Waals surface area contributed by atoms with E-state index in [-0.39, 0.29) is 0 Å². The molecule has 0 aliphatic heterocycles. The lowest BCUT2D eigenvalue weighted by Gasteiger charge is -2.15. The van der Waals surface area contributed by atoms with Gasteiger partial charge in [0, 0.05) is 5.56 Å². The van der Waals surface area contributed by atoms with Gasteiger partial charge >= 0.3 is 0 Å². The van der Waals surface area contributed by atoms with Crippen LogP contribution in [0.15, 0.2) is 36.7 Å². The Hall–Kier alpha value is -2.22. The maximum atomic E-state index is 4.68. The lowest BCUT2D eigenvalue weighted by molar-refractivity contribution is -0.662. The molecular formula is C23H29N2+. The van der Waals surface area contributed by atoms with Crippen LogP contribution in [0.1, 0.15) is 61.8 Å². The average Bonchev–Trinajstić information content (AvgIpc) is 2.57. The van der Waals surface area contributed by atoms with Crippen LogP contribution in [0.2, 0.25) is 0 Å². The van der Waals surface area contributed by atoms with Crippen LogP contribution in [0.25, 0.3) is 22.2 Å². The number of nitrogens with zero attached hydrogens (tertiary/aromatic N) is 2. The van der Waals surface area contributed by atoms with E-state index >= 15 is 0 Å². The van der Waals surface area contributed by atoms with Gasteiger partial charge in [0.05, 0.1) is 12.4 Å². The van der Waals surface area contributed by atoms with Crippen LogP contribution in [0, 0.1) is 13.8 Å². The molecule has 25 heavy (non-hydrogen) atoms. The summed E-state index contributed by atoms with van der Waals surface area (Å²) in [4.78, 5) is 4.68. The second-order valence-corrected chi connectivity index (χ2v) is 7.80. The highest BCUT2D eigenvalue weighted by Gasteiger charge is 2.19. The number of fused-ring (bicyclic) bond motifs is 1. The van der Waals surface area contributed by atoms with Gasteiger partial charge in [0.25, 0.3) is 6.33 Å². The monoisotopic (exact) mass is 333 g/mol. The second-order valence-electron chi connectivity index (χ2n) is 7.80. The maximum absolute atomic E-state index is 4.68. The first-order valence-corrected chi connectivity index (χ1v) is 9.19. The van der Waals surface area contributed by atoms with Crippen molar-refractivity contribution in [1.82, 2.24) is 4.98 Å². The van der Waals surface area contributed by atoms with E-state index in [1.54, 1.807) is 0 Å². The van der Waals surface area contributed by atoms with E-state index < -0.39 is 0 Å². The minimum Gasteiger partial charge on any atom is -0.232 e. The highest BCUT2D eigenvalue weighted by Crippen LogP contribution is 2.32. The van der Waals surface area contributed by atoms with Crippen molar-refractivity contribution < 1.29 is 4.57 Å². The Bertz CT molecular complexity index is 936. The largest absolute Gasteiger partial charge is 0.287 e. The predicted octanol–water partition coefficient (Wildman–Crippen LogP) is 5.59. The third-order valence-corrected chi connectivity index (χ3v) is 5.28. The van der Waals surface area contributed by atoms with E-state index in [9.17, 15) is 0 Å². The molecule has 0 unspecified atom stereocenters. The van der Waals surface area contributed by atoms with Crippen LogP contribution in [-0.4, -0.2) is 4.98 Å². The molecule has 3 rings (SSSR count). The third kappa shape index (κ3) is 3.18. The summed E-state index contributed by atoms with van der Waals surface area (Å²) in [6.45, 7) is 13.4. The molecule has 0 radical (unpaired) electrons. The van der Waals surface area contributed by atoms with E-state index in [4.69, 9.17) is 0 Å². The summed E-state index contributed by atoms with van der Waals surface area (Å²) >= 11 is 0. The van der Waals surface area contributed by atoms with Crippen molar-refractivity contribution >= 4 is 10.9 Å². The summed E-state index contributed by atoms with van der Waals surface area (Å²) in [6.07, 6.45) is 1.94. The number of rotatable bonds is 3. The Balaban J connectivity index is 2.34. The molecule has 0 saturated heterocycles. The number of hydrogen-bond donors (Lipinski definition) is 0. The van der Waals surface area contributed by atoms with Crippen LogP contribution in [0.3, 0.4) is 0 Å². The smallest absolute Gasteiger partial charge is 0.232 e. The van der Waals surface area contributed by atoms with Crippen LogP contribution >= 0.6 is 0 Å². The standard InChI is InChI=1S/C23H29N2/c1-14(2)18-8-9-20-22(12-18)24-13-25(7)23(20)21-11-19(15(3)4)10-16(5)17(21)6/h8-15H,1-7H3/q+1. The Morgan fingerprint density at radius 1 is 0.880 bits per heavy atom. The van der Waals surface area contributed by atoms with Crippen molar-refractivity contribution in [3.05, 3.63) is 58.9 Å². The average molecular weight is 333 g/mol. The molecule has 0 saturated carbocycles. The Morgan fingerprint density at radius 3 is 2.20 bits per heavy atom. The van der Waals surface area contributed by atoms with Gasteiger partial charge < -0.3 is 0 Å². The molecule has 130 valence electrons. The molecule has 0 amide bonds. The van der Waals surface area contributed by atoms with Gasteiger partial charge in [0.2, 0.25) is 0 Å². The fraction of sp³-hybridized carbons (Fsp3) is 0.391. The topological polar surface area (TPSA) is 16.8 Å². The summed E-state index contributed by atoms with van der Waals surface area (Å²) in [5, 5.41) is 1.22. The van der Waals surface area contributed by atoms with Crippen molar-refractivity contribution in [2.24, 2.45) is 7.05 Å². The van der Waals surface area contributed by atoms with Gasteiger partial charge in [-0.15, -0.1) is 0 Å². The van der Waals surface area contributed by atoms with Crippen LogP contribution in [0.5, 0.6) is 0 Å². The van der Waals surface area contributed by atoms with Crippen molar-refractivity contribution in [2.45, 2.75) is 53.4 Å². The lowest BCUT2D eigenvalue weighted by atomic mass is 9.91. The molecule has 0 fully saturated rings. The third-order valence-electron chi connectivity index (χ3n) is 5.28. The molecule has 2 heteroatoms. The first-order chi connectivity index (χ1) is 11.8. The van der Waals surface area contributed by atoms with Crippen LogP contribution in [0.4, 0.5) is 0 Å². The van der Waals surface area contributed by atoms with E-state index in [0.717, 1.165) is 5.52 Å². The lowest BCUT2D eigenvalue weighted by Crippen LogP contribution is -2.32. The van der Waals surface area contributed by atoms with Crippen molar-refractivity contribution in [2.75, 3.05) is 0 Å². The van der Waals surface area contributed by atoms with Gasteiger partial charge in [-0.2, -0.15) is 0 Å².